The Morgan fingerprint density at radius 1 is 1.07 bits per heavy atom. The predicted molar refractivity (Wildman–Crippen MR) is 155 cm³/mol. The van der Waals surface area contributed by atoms with E-state index in [2.05, 4.69) is 41.0 Å². The molecule has 13 nitrogen and oxygen atoms in total. The molecule has 210 valence electrons. The molecule has 14 heteroatoms. The highest BCUT2D eigenvalue weighted by Gasteiger charge is 2.31. The van der Waals surface area contributed by atoms with Gasteiger partial charge >= 0.3 is 5.69 Å². The summed E-state index contributed by atoms with van der Waals surface area (Å²) in [5.74, 6) is -0.295. The molecule has 6 rings (SSSR count). The Balaban J connectivity index is 1.32. The summed E-state index contributed by atoms with van der Waals surface area (Å²) in [6.45, 7) is 2.84. The first-order valence-electron chi connectivity index (χ1n) is 13.1. The van der Waals surface area contributed by atoms with E-state index in [1.807, 2.05) is 12.1 Å². The van der Waals surface area contributed by atoms with Crippen LogP contribution in [0.1, 0.15) is 34.9 Å². The maximum absolute atomic E-state index is 13.5. The van der Waals surface area contributed by atoms with E-state index in [4.69, 9.17) is 16.3 Å². The van der Waals surface area contributed by atoms with Crippen LogP contribution < -0.4 is 20.9 Å². The minimum atomic E-state index is -0.774. The number of rotatable bonds is 9. The summed E-state index contributed by atoms with van der Waals surface area (Å²) in [7, 11) is 0. The Kier molecular flexibility index (Phi) is 7.35. The van der Waals surface area contributed by atoms with Crippen molar-refractivity contribution in [2.75, 3.05) is 47.2 Å². The zero-order valence-electron chi connectivity index (χ0n) is 21.8. The number of carbonyl (C=O) groups is 1. The topological polar surface area (TPSA) is 163 Å². The largest absolute Gasteiger partial charge is 0.378 e. The van der Waals surface area contributed by atoms with E-state index < -0.39 is 22.2 Å². The molecule has 0 bridgehead atoms. The molecule has 4 N–H and O–H groups in total. The van der Waals surface area contributed by atoms with Gasteiger partial charge in [0.25, 0.3) is 5.91 Å². The summed E-state index contributed by atoms with van der Waals surface area (Å²) in [5.41, 5.74) is 1.82. The van der Waals surface area contributed by atoms with Crippen LogP contribution in [0.5, 0.6) is 0 Å². The molecule has 41 heavy (non-hydrogen) atoms. The van der Waals surface area contributed by atoms with Crippen molar-refractivity contribution in [3.63, 3.8) is 0 Å². The molecule has 2 aromatic carbocycles. The molecule has 0 unspecified atom stereocenters. The minimum absolute atomic E-state index is 0.0584. The second-order valence-electron chi connectivity index (χ2n) is 9.66. The van der Waals surface area contributed by atoms with Crippen LogP contribution in [0.4, 0.5) is 40.3 Å². The molecular formula is C27H26ClN9O4. The summed E-state index contributed by atoms with van der Waals surface area (Å²) in [6, 6.07) is 15.9. The average Bonchev–Trinajstić information content (AvgIpc) is 3.73. The van der Waals surface area contributed by atoms with Crippen molar-refractivity contribution in [3.05, 3.63) is 81.1 Å². The molecule has 1 aliphatic heterocycles. The van der Waals surface area contributed by atoms with Crippen molar-refractivity contribution >= 4 is 57.8 Å². The first-order chi connectivity index (χ1) is 19.9. The van der Waals surface area contributed by atoms with Gasteiger partial charge in [-0.1, -0.05) is 23.7 Å². The smallest absolute Gasteiger partial charge is 0.343 e. The molecule has 0 radical (unpaired) electrons. The number of aromatic amines is 1. The van der Waals surface area contributed by atoms with Gasteiger partial charge in [0.2, 0.25) is 17.5 Å². The van der Waals surface area contributed by atoms with Crippen molar-refractivity contribution in [3.8, 4) is 0 Å². The van der Waals surface area contributed by atoms with E-state index in [-0.39, 0.29) is 11.8 Å². The zero-order chi connectivity index (χ0) is 28.3. The molecule has 2 fully saturated rings. The van der Waals surface area contributed by atoms with Gasteiger partial charge in [-0.2, -0.15) is 10.1 Å². The number of hydrogen-bond donors (Lipinski definition) is 4. The highest BCUT2D eigenvalue weighted by molar-refractivity contribution is 6.33. The predicted octanol–water partition coefficient (Wildman–Crippen LogP) is 5.21. The number of H-pyrrole nitrogens is 1. The van der Waals surface area contributed by atoms with Crippen LogP contribution in [0.25, 0.3) is 0 Å². The molecule has 4 aromatic rings. The first kappa shape index (κ1) is 26.5. The van der Waals surface area contributed by atoms with Crippen LogP contribution >= 0.6 is 11.6 Å². The van der Waals surface area contributed by atoms with E-state index in [0.717, 1.165) is 37.3 Å². The van der Waals surface area contributed by atoms with E-state index in [1.165, 1.54) is 0 Å². The van der Waals surface area contributed by atoms with E-state index in [0.29, 0.717) is 41.3 Å². The molecule has 1 amide bonds. The van der Waals surface area contributed by atoms with Gasteiger partial charge in [0.15, 0.2) is 5.82 Å². The number of hydrogen-bond acceptors (Lipinski definition) is 10. The van der Waals surface area contributed by atoms with Gasteiger partial charge < -0.3 is 25.6 Å². The number of amides is 1. The summed E-state index contributed by atoms with van der Waals surface area (Å²) >= 11 is 6.30. The summed E-state index contributed by atoms with van der Waals surface area (Å²) in [6.07, 6.45) is 2.11. The van der Waals surface area contributed by atoms with Gasteiger partial charge in [-0.25, -0.2) is 4.98 Å². The molecule has 2 aliphatic rings. The lowest BCUT2D eigenvalue weighted by Crippen LogP contribution is -2.36. The number of nitrogens with zero attached hydrogens (tertiary/aromatic N) is 5. The van der Waals surface area contributed by atoms with Gasteiger partial charge in [0.1, 0.15) is 0 Å². The summed E-state index contributed by atoms with van der Waals surface area (Å²) < 4.78 is 5.40. The zero-order valence-corrected chi connectivity index (χ0v) is 22.5. The fourth-order valence-electron chi connectivity index (χ4n) is 4.51. The normalized spacial score (nSPS) is 14.9. The molecule has 1 saturated carbocycles. The lowest BCUT2D eigenvalue weighted by molar-refractivity contribution is -0.384. The van der Waals surface area contributed by atoms with Crippen LogP contribution in [0, 0.1) is 10.1 Å². The third-order valence-corrected chi connectivity index (χ3v) is 7.09. The number of benzene rings is 2. The van der Waals surface area contributed by atoms with E-state index in [9.17, 15) is 14.9 Å². The monoisotopic (exact) mass is 575 g/mol. The Bertz CT molecular complexity index is 1580. The number of ether oxygens (including phenoxy) is 1. The lowest BCUT2D eigenvalue weighted by atomic mass is 10.2. The number of carbonyl (C=O) groups excluding carboxylic acids is 1. The number of para-hydroxylation sites is 1. The number of nitro groups is 1. The number of aromatic nitrogens is 4. The Morgan fingerprint density at radius 3 is 2.54 bits per heavy atom. The Hall–Kier alpha value is -4.75. The number of morpholine rings is 1. The van der Waals surface area contributed by atoms with Crippen molar-refractivity contribution in [2.24, 2.45) is 0 Å². The van der Waals surface area contributed by atoms with Crippen molar-refractivity contribution in [1.29, 1.82) is 0 Å². The van der Waals surface area contributed by atoms with Crippen LogP contribution in [-0.2, 0) is 4.74 Å². The maximum Gasteiger partial charge on any atom is 0.343 e. The SMILES string of the molecule is O=C(Nc1ccc(N2CCOCC2)cc1)c1nc(Nc2ccccc2Cl)nc(Nc2cc(C3CC3)[nH]n2)c1[N+](=O)[O-]. The van der Waals surface area contributed by atoms with Gasteiger partial charge in [-0.3, -0.25) is 20.0 Å². The van der Waals surface area contributed by atoms with Crippen LogP contribution in [0.15, 0.2) is 54.6 Å². The molecule has 0 atom stereocenters. The standard InChI is InChI=1S/C27H26ClN9O4/c28-19-3-1-2-4-20(19)30-27-32-23(26(38)29-17-7-9-18(10-8-17)36-11-13-41-14-12-36)24(37(39)40)25(33-27)31-22-15-21(34-35-22)16-5-6-16/h1-4,7-10,15-16H,5-6,11-14H2,(H,29,38)(H3,30,31,32,33,34,35). The maximum atomic E-state index is 13.5. The second-order valence-corrected chi connectivity index (χ2v) is 10.1. The van der Waals surface area contributed by atoms with Gasteiger partial charge in [-0.15, -0.1) is 0 Å². The van der Waals surface area contributed by atoms with Crippen LogP contribution in [-0.4, -0.2) is 57.3 Å². The van der Waals surface area contributed by atoms with Crippen LogP contribution in [0.2, 0.25) is 5.02 Å². The van der Waals surface area contributed by atoms with E-state index in [1.54, 1.807) is 42.5 Å². The van der Waals surface area contributed by atoms with Crippen LogP contribution in [0.3, 0.4) is 0 Å². The molecule has 1 aliphatic carbocycles. The first-order valence-corrected chi connectivity index (χ1v) is 13.5. The Morgan fingerprint density at radius 2 is 1.83 bits per heavy atom. The summed E-state index contributed by atoms with van der Waals surface area (Å²) in [4.78, 5) is 35.8. The number of anilines is 6. The number of halogens is 1. The lowest BCUT2D eigenvalue weighted by Gasteiger charge is -2.28. The van der Waals surface area contributed by atoms with E-state index >= 15 is 0 Å². The quantitative estimate of drug-likeness (QED) is 0.154. The fourth-order valence-corrected chi connectivity index (χ4v) is 4.69. The van der Waals surface area contributed by atoms with Gasteiger partial charge in [-0.05, 0) is 49.2 Å². The molecule has 0 spiro atoms. The third kappa shape index (κ3) is 6.05. The number of nitrogens with one attached hydrogen (secondary N) is 4. The highest BCUT2D eigenvalue weighted by Crippen LogP contribution is 2.40. The molecular weight excluding hydrogens is 550 g/mol. The van der Waals surface area contributed by atoms with Gasteiger partial charge in [0.05, 0.1) is 28.8 Å². The Labute approximate surface area is 239 Å². The molecule has 1 saturated heterocycles. The summed E-state index contributed by atoms with van der Waals surface area (Å²) in [5, 5.41) is 28.4. The van der Waals surface area contributed by atoms with Crippen molar-refractivity contribution in [2.45, 2.75) is 18.8 Å². The van der Waals surface area contributed by atoms with Crippen molar-refractivity contribution < 1.29 is 14.5 Å². The minimum Gasteiger partial charge on any atom is -0.378 e. The van der Waals surface area contributed by atoms with Crippen molar-refractivity contribution in [1.82, 2.24) is 20.2 Å². The highest BCUT2D eigenvalue weighted by atomic mass is 35.5. The second kappa shape index (κ2) is 11.4. The molecule has 2 aromatic heterocycles. The third-order valence-electron chi connectivity index (χ3n) is 6.76. The molecule has 3 heterocycles. The van der Waals surface area contributed by atoms with Gasteiger partial charge in [0, 0.05) is 42.1 Å². The average molecular weight is 576 g/mol. The fraction of sp³-hybridized carbons (Fsp3) is 0.259.